The van der Waals surface area contributed by atoms with Gasteiger partial charge in [-0.3, -0.25) is 19.2 Å². The van der Waals surface area contributed by atoms with E-state index in [0.717, 1.165) is 41.4 Å². The van der Waals surface area contributed by atoms with Gasteiger partial charge in [-0.05, 0) is 81.7 Å². The maximum Gasteiger partial charge on any atom is 0.303 e. The molecule has 0 spiro atoms. The second kappa shape index (κ2) is 15.4. The van der Waals surface area contributed by atoms with Crippen LogP contribution in [0.1, 0.15) is 81.3 Å². The minimum atomic E-state index is -0.792. The molecule has 0 atom stereocenters. The van der Waals surface area contributed by atoms with Crippen molar-refractivity contribution in [2.75, 3.05) is 18.0 Å². The number of anilines is 1. The number of unbranched alkanes of at least 4 members (excludes halogenated alkanes) is 2. The van der Waals surface area contributed by atoms with Gasteiger partial charge in [-0.25, -0.2) is 0 Å². The van der Waals surface area contributed by atoms with Crippen LogP contribution in [0.5, 0.6) is 0 Å². The quantitative estimate of drug-likeness (QED) is 0.221. The first-order valence-corrected chi connectivity index (χ1v) is 15.6. The SMILES string of the molecule is CCc1cccc(N(CC)C(=O)Cn2c(C(=O)N[C@H]3CC[C@H](C(=O)NCCCCCC(=O)O)CC3)cc3ccccc32)c1. The third-order valence-electron chi connectivity index (χ3n) is 8.38. The van der Waals surface area contributed by atoms with Crippen LogP contribution in [0, 0.1) is 5.92 Å². The molecule has 9 heteroatoms. The van der Waals surface area contributed by atoms with E-state index in [9.17, 15) is 19.2 Å². The van der Waals surface area contributed by atoms with E-state index in [0.29, 0.717) is 50.9 Å². The van der Waals surface area contributed by atoms with Gasteiger partial charge in [-0.2, -0.15) is 0 Å². The van der Waals surface area contributed by atoms with Crippen LogP contribution in [-0.2, 0) is 27.3 Å². The summed E-state index contributed by atoms with van der Waals surface area (Å²) in [6.07, 6.45) is 6.00. The Hall–Kier alpha value is -4.14. The lowest BCUT2D eigenvalue weighted by Crippen LogP contribution is -2.42. The number of carbonyl (C=O) groups is 4. The van der Waals surface area contributed by atoms with Gasteiger partial charge in [0.1, 0.15) is 12.2 Å². The molecule has 43 heavy (non-hydrogen) atoms. The molecule has 9 nitrogen and oxygen atoms in total. The highest BCUT2D eigenvalue weighted by Gasteiger charge is 2.28. The van der Waals surface area contributed by atoms with Crippen molar-refractivity contribution in [3.05, 3.63) is 65.9 Å². The average molecular weight is 589 g/mol. The second-order valence-corrected chi connectivity index (χ2v) is 11.4. The number of nitrogens with one attached hydrogen (secondary N) is 2. The van der Waals surface area contributed by atoms with E-state index in [1.807, 2.05) is 60.0 Å². The summed E-state index contributed by atoms with van der Waals surface area (Å²) in [5, 5.41) is 15.8. The predicted molar refractivity (Wildman–Crippen MR) is 168 cm³/mol. The van der Waals surface area contributed by atoms with E-state index >= 15 is 0 Å². The van der Waals surface area contributed by atoms with E-state index in [-0.39, 0.29) is 42.6 Å². The predicted octanol–water partition coefficient (Wildman–Crippen LogP) is 5.31. The highest BCUT2D eigenvalue weighted by molar-refractivity contribution is 6.01. The smallest absolute Gasteiger partial charge is 0.303 e. The summed E-state index contributed by atoms with van der Waals surface area (Å²) < 4.78 is 1.81. The maximum absolute atomic E-state index is 13.6. The van der Waals surface area contributed by atoms with E-state index < -0.39 is 5.97 Å². The first-order valence-electron chi connectivity index (χ1n) is 15.6. The van der Waals surface area contributed by atoms with Crippen LogP contribution in [0.25, 0.3) is 10.9 Å². The van der Waals surface area contributed by atoms with E-state index in [2.05, 4.69) is 23.6 Å². The van der Waals surface area contributed by atoms with Gasteiger partial charge in [0.25, 0.3) is 5.91 Å². The summed E-state index contributed by atoms with van der Waals surface area (Å²) >= 11 is 0. The Labute approximate surface area is 253 Å². The lowest BCUT2D eigenvalue weighted by Gasteiger charge is -2.28. The van der Waals surface area contributed by atoms with E-state index in [1.54, 1.807) is 4.90 Å². The average Bonchev–Trinajstić information content (AvgIpc) is 3.37. The molecule has 0 bridgehead atoms. The molecule has 1 saturated carbocycles. The molecule has 0 saturated heterocycles. The molecular weight excluding hydrogens is 544 g/mol. The first kappa shape index (κ1) is 31.8. The fourth-order valence-electron chi connectivity index (χ4n) is 5.93. The highest BCUT2D eigenvalue weighted by Crippen LogP contribution is 2.26. The summed E-state index contributed by atoms with van der Waals surface area (Å²) in [5.74, 6) is -1.14. The monoisotopic (exact) mass is 588 g/mol. The number of benzene rings is 2. The van der Waals surface area contributed by atoms with Gasteiger partial charge >= 0.3 is 5.97 Å². The number of hydrogen-bond donors (Lipinski definition) is 3. The molecule has 0 radical (unpaired) electrons. The number of aromatic nitrogens is 1. The van der Waals surface area contributed by atoms with Crippen molar-refractivity contribution in [2.24, 2.45) is 5.92 Å². The van der Waals surface area contributed by atoms with Gasteiger partial charge in [0.15, 0.2) is 0 Å². The zero-order chi connectivity index (χ0) is 30.8. The van der Waals surface area contributed by atoms with Gasteiger partial charge < -0.3 is 25.2 Å². The molecule has 230 valence electrons. The third-order valence-corrected chi connectivity index (χ3v) is 8.38. The third kappa shape index (κ3) is 8.46. The van der Waals surface area contributed by atoms with Crippen molar-refractivity contribution in [1.29, 1.82) is 0 Å². The minimum absolute atomic E-state index is 0.0339. The number of carboxylic acid groups (broad SMARTS) is 1. The van der Waals surface area contributed by atoms with Crippen molar-refractivity contribution < 1.29 is 24.3 Å². The summed E-state index contributed by atoms with van der Waals surface area (Å²) in [6.45, 7) is 5.16. The molecule has 1 aliphatic carbocycles. The molecule has 4 rings (SSSR count). The highest BCUT2D eigenvalue weighted by atomic mass is 16.4. The van der Waals surface area contributed by atoms with Crippen LogP contribution in [0.4, 0.5) is 5.69 Å². The molecule has 1 heterocycles. The number of likely N-dealkylation sites (N-methyl/N-ethyl adjacent to an activating group) is 1. The minimum Gasteiger partial charge on any atom is -0.481 e. The van der Waals surface area contributed by atoms with E-state index in [1.165, 1.54) is 0 Å². The molecule has 3 N–H and O–H groups in total. The Morgan fingerprint density at radius 1 is 0.930 bits per heavy atom. The number of hydrogen-bond acceptors (Lipinski definition) is 4. The second-order valence-electron chi connectivity index (χ2n) is 11.4. The van der Waals surface area contributed by atoms with Crippen LogP contribution in [0.2, 0.25) is 0 Å². The normalized spacial score (nSPS) is 16.5. The molecule has 1 fully saturated rings. The van der Waals surface area contributed by atoms with Crippen LogP contribution in [0.3, 0.4) is 0 Å². The van der Waals surface area contributed by atoms with Gasteiger partial charge in [0.2, 0.25) is 11.8 Å². The number of fused-ring (bicyclic) bond motifs is 1. The molecule has 2 aromatic carbocycles. The number of aliphatic carboxylic acids is 1. The van der Waals surface area contributed by atoms with Gasteiger partial charge in [0.05, 0.1) is 0 Å². The number of carboxylic acids is 1. The molecule has 3 amide bonds. The molecule has 3 aromatic rings. The Morgan fingerprint density at radius 3 is 2.42 bits per heavy atom. The van der Waals surface area contributed by atoms with Gasteiger partial charge in [-0.1, -0.05) is 43.7 Å². The fraction of sp³-hybridized carbons (Fsp3) is 0.471. The van der Waals surface area contributed by atoms with Crippen molar-refractivity contribution in [3.8, 4) is 0 Å². The molecule has 0 unspecified atom stereocenters. The molecule has 0 aliphatic heterocycles. The molecule has 1 aliphatic rings. The zero-order valence-electron chi connectivity index (χ0n) is 25.3. The van der Waals surface area contributed by atoms with Gasteiger partial charge in [0, 0.05) is 48.1 Å². The summed E-state index contributed by atoms with van der Waals surface area (Å²) in [5.41, 5.74) is 3.31. The van der Waals surface area contributed by atoms with Crippen molar-refractivity contribution >= 4 is 40.3 Å². The maximum atomic E-state index is 13.6. The fourth-order valence-corrected chi connectivity index (χ4v) is 5.93. The van der Waals surface area contributed by atoms with Crippen LogP contribution in [-0.4, -0.2) is 52.5 Å². The van der Waals surface area contributed by atoms with Crippen LogP contribution in [0.15, 0.2) is 54.6 Å². The first-order chi connectivity index (χ1) is 20.8. The summed E-state index contributed by atoms with van der Waals surface area (Å²) in [4.78, 5) is 52.2. The lowest BCUT2D eigenvalue weighted by atomic mass is 9.85. The largest absolute Gasteiger partial charge is 0.481 e. The number of nitrogens with zero attached hydrogens (tertiary/aromatic N) is 2. The number of carbonyl (C=O) groups excluding carboxylic acids is 3. The summed E-state index contributed by atoms with van der Waals surface area (Å²) in [7, 11) is 0. The zero-order valence-corrected chi connectivity index (χ0v) is 25.3. The van der Waals surface area contributed by atoms with Crippen LogP contribution >= 0.6 is 0 Å². The molecule has 1 aromatic heterocycles. The standard InChI is InChI=1S/C34H44N4O5/c1-3-24-11-10-13-28(21-24)37(4-2)31(39)23-38-29-14-8-7-12-26(29)22-30(38)34(43)36-27-18-16-25(17-19-27)33(42)35-20-9-5-6-15-32(40)41/h7-8,10-14,21-22,25,27H,3-6,9,15-20,23H2,1-2H3,(H,35,42)(H,36,43)(H,40,41)/t25-,27-. The van der Waals surface area contributed by atoms with Gasteiger partial charge in [-0.15, -0.1) is 0 Å². The Kier molecular flexibility index (Phi) is 11.4. The number of para-hydroxylation sites is 1. The van der Waals surface area contributed by atoms with Crippen LogP contribution < -0.4 is 15.5 Å². The van der Waals surface area contributed by atoms with Crippen molar-refractivity contribution in [3.63, 3.8) is 0 Å². The Balaban J connectivity index is 1.36. The van der Waals surface area contributed by atoms with Crippen molar-refractivity contribution in [2.45, 2.75) is 84.2 Å². The number of aryl methyl sites for hydroxylation is 1. The molecular formula is C34H44N4O5. The topological polar surface area (TPSA) is 121 Å². The lowest BCUT2D eigenvalue weighted by molar-refractivity contribution is -0.137. The number of rotatable bonds is 14. The van der Waals surface area contributed by atoms with Crippen molar-refractivity contribution in [1.82, 2.24) is 15.2 Å². The van der Waals surface area contributed by atoms with E-state index in [4.69, 9.17) is 5.11 Å². The summed E-state index contributed by atoms with van der Waals surface area (Å²) in [6, 6.07) is 17.5. The Bertz CT molecular complexity index is 1420. The number of amides is 3. The Morgan fingerprint density at radius 2 is 1.70 bits per heavy atom.